The number of aliphatic hydroxyl groups is 1. The number of ether oxygens (including phenoxy) is 1. The fourth-order valence-electron chi connectivity index (χ4n) is 1.74. The summed E-state index contributed by atoms with van der Waals surface area (Å²) in [5.41, 5.74) is 1.26. The molecule has 1 aromatic carbocycles. The zero-order valence-electron chi connectivity index (χ0n) is 9.82. The van der Waals surface area contributed by atoms with Gasteiger partial charge in [-0.05, 0) is 43.4 Å². The maximum Gasteiger partial charge on any atom is 0.0546 e. The third-order valence-electron chi connectivity index (χ3n) is 2.76. The molecule has 3 heteroatoms. The normalized spacial score (nSPS) is 14.8. The Balaban J connectivity index is 2.52. The number of benzene rings is 1. The van der Waals surface area contributed by atoms with Crippen molar-refractivity contribution in [3.63, 3.8) is 0 Å². The summed E-state index contributed by atoms with van der Waals surface area (Å²) in [7, 11) is 1.71. The van der Waals surface area contributed by atoms with Crippen LogP contribution in [0.5, 0.6) is 0 Å². The van der Waals surface area contributed by atoms with Gasteiger partial charge in [0.15, 0.2) is 0 Å². The standard InChI is InChI=1S/C13H19BrO2/c1-10(16-2)7-12(9-15)8-11-3-5-13(14)6-4-11/h3-6,10,12,15H,7-9H2,1-2H3. The van der Waals surface area contributed by atoms with Gasteiger partial charge in [0.25, 0.3) is 0 Å². The zero-order valence-corrected chi connectivity index (χ0v) is 11.4. The van der Waals surface area contributed by atoms with Crippen molar-refractivity contribution in [3.05, 3.63) is 34.3 Å². The Kier molecular flexibility index (Phi) is 6.03. The fraction of sp³-hybridized carbons (Fsp3) is 0.538. The van der Waals surface area contributed by atoms with E-state index in [4.69, 9.17) is 4.74 Å². The molecule has 0 aliphatic carbocycles. The molecular formula is C13H19BrO2. The van der Waals surface area contributed by atoms with Crippen molar-refractivity contribution in [2.24, 2.45) is 5.92 Å². The van der Waals surface area contributed by atoms with E-state index in [1.54, 1.807) is 7.11 Å². The summed E-state index contributed by atoms with van der Waals surface area (Å²) in [4.78, 5) is 0. The summed E-state index contributed by atoms with van der Waals surface area (Å²) in [5.74, 6) is 0.274. The van der Waals surface area contributed by atoms with Gasteiger partial charge in [-0.25, -0.2) is 0 Å². The van der Waals surface area contributed by atoms with Crippen LogP contribution in [-0.2, 0) is 11.2 Å². The first kappa shape index (κ1) is 13.7. The Morgan fingerprint density at radius 1 is 1.31 bits per heavy atom. The zero-order chi connectivity index (χ0) is 12.0. The topological polar surface area (TPSA) is 29.5 Å². The van der Waals surface area contributed by atoms with E-state index in [2.05, 4.69) is 28.1 Å². The van der Waals surface area contributed by atoms with Crippen LogP contribution in [0.3, 0.4) is 0 Å². The number of rotatable bonds is 6. The summed E-state index contributed by atoms with van der Waals surface area (Å²) in [6.07, 6.45) is 1.99. The predicted molar refractivity (Wildman–Crippen MR) is 69.5 cm³/mol. The van der Waals surface area contributed by atoms with E-state index in [9.17, 15) is 5.11 Å². The van der Waals surface area contributed by atoms with Crippen molar-refractivity contribution in [3.8, 4) is 0 Å². The lowest BCUT2D eigenvalue weighted by atomic mass is 9.95. The number of hydrogen-bond acceptors (Lipinski definition) is 2. The first-order valence-corrected chi connectivity index (χ1v) is 6.33. The van der Waals surface area contributed by atoms with Crippen LogP contribution >= 0.6 is 15.9 Å². The van der Waals surface area contributed by atoms with E-state index in [1.807, 2.05) is 19.1 Å². The molecule has 0 bridgehead atoms. The highest BCUT2D eigenvalue weighted by molar-refractivity contribution is 9.10. The van der Waals surface area contributed by atoms with Gasteiger partial charge in [0, 0.05) is 18.2 Å². The third kappa shape index (κ3) is 4.64. The lowest BCUT2D eigenvalue weighted by molar-refractivity contribution is 0.0806. The van der Waals surface area contributed by atoms with Crippen molar-refractivity contribution >= 4 is 15.9 Å². The average molecular weight is 287 g/mol. The molecule has 0 saturated heterocycles. The van der Waals surface area contributed by atoms with Gasteiger partial charge in [0.05, 0.1) is 6.10 Å². The molecule has 0 amide bonds. The molecule has 0 fully saturated rings. The van der Waals surface area contributed by atoms with Crippen molar-refractivity contribution in [2.75, 3.05) is 13.7 Å². The Bertz CT molecular complexity index is 297. The van der Waals surface area contributed by atoms with Crippen molar-refractivity contribution < 1.29 is 9.84 Å². The SMILES string of the molecule is COC(C)CC(CO)Cc1ccc(Br)cc1. The number of halogens is 1. The number of methoxy groups -OCH3 is 1. The summed E-state index contributed by atoms with van der Waals surface area (Å²) in [6.45, 7) is 2.24. The molecule has 90 valence electrons. The molecule has 0 radical (unpaired) electrons. The molecule has 0 aromatic heterocycles. The van der Waals surface area contributed by atoms with E-state index in [-0.39, 0.29) is 18.6 Å². The summed E-state index contributed by atoms with van der Waals surface area (Å²) >= 11 is 3.41. The van der Waals surface area contributed by atoms with Crippen LogP contribution in [0.2, 0.25) is 0 Å². The molecule has 2 atom stereocenters. The second-order valence-electron chi connectivity index (χ2n) is 4.16. The van der Waals surface area contributed by atoms with Gasteiger partial charge in [0.1, 0.15) is 0 Å². The van der Waals surface area contributed by atoms with Gasteiger partial charge in [-0.3, -0.25) is 0 Å². The van der Waals surface area contributed by atoms with Crippen LogP contribution in [0.1, 0.15) is 18.9 Å². The van der Waals surface area contributed by atoms with Crippen molar-refractivity contribution in [1.82, 2.24) is 0 Å². The Hall–Kier alpha value is -0.380. The van der Waals surface area contributed by atoms with Gasteiger partial charge < -0.3 is 9.84 Å². The minimum atomic E-state index is 0.201. The molecule has 0 aliphatic rings. The van der Waals surface area contributed by atoms with Gasteiger partial charge in [0.2, 0.25) is 0 Å². The van der Waals surface area contributed by atoms with Gasteiger partial charge in [-0.1, -0.05) is 28.1 Å². The Labute approximate surface area is 106 Å². The summed E-state index contributed by atoms with van der Waals surface area (Å²) < 4.78 is 6.31. The first-order chi connectivity index (χ1) is 7.65. The lowest BCUT2D eigenvalue weighted by Crippen LogP contribution is -2.17. The molecule has 2 unspecified atom stereocenters. The summed E-state index contributed by atoms with van der Waals surface area (Å²) in [5, 5.41) is 9.32. The van der Waals surface area contributed by atoms with Gasteiger partial charge in [-0.15, -0.1) is 0 Å². The third-order valence-corrected chi connectivity index (χ3v) is 3.29. The largest absolute Gasteiger partial charge is 0.396 e. The van der Waals surface area contributed by atoms with Gasteiger partial charge in [-0.2, -0.15) is 0 Å². The average Bonchev–Trinajstić information content (AvgIpc) is 2.30. The number of aliphatic hydroxyl groups excluding tert-OH is 1. The highest BCUT2D eigenvalue weighted by atomic mass is 79.9. The van der Waals surface area contributed by atoms with E-state index in [1.165, 1.54) is 5.56 Å². The number of hydrogen-bond donors (Lipinski definition) is 1. The summed E-state index contributed by atoms with van der Waals surface area (Å²) in [6, 6.07) is 8.24. The van der Waals surface area contributed by atoms with E-state index >= 15 is 0 Å². The van der Waals surface area contributed by atoms with Crippen LogP contribution in [0.15, 0.2) is 28.7 Å². The first-order valence-electron chi connectivity index (χ1n) is 5.53. The molecule has 0 aliphatic heterocycles. The van der Waals surface area contributed by atoms with Crippen LogP contribution < -0.4 is 0 Å². The van der Waals surface area contributed by atoms with Crippen molar-refractivity contribution in [1.29, 1.82) is 0 Å². The van der Waals surface area contributed by atoms with Crippen molar-refractivity contribution in [2.45, 2.75) is 25.9 Å². The molecule has 0 saturated carbocycles. The maximum atomic E-state index is 9.32. The molecule has 2 nitrogen and oxygen atoms in total. The fourth-order valence-corrected chi connectivity index (χ4v) is 2.01. The predicted octanol–water partition coefficient (Wildman–Crippen LogP) is 3.03. The maximum absolute atomic E-state index is 9.32. The minimum Gasteiger partial charge on any atom is -0.396 e. The quantitative estimate of drug-likeness (QED) is 0.871. The van der Waals surface area contributed by atoms with Crippen LogP contribution in [0, 0.1) is 5.92 Å². The molecule has 1 rings (SSSR count). The molecule has 1 aromatic rings. The van der Waals surface area contributed by atoms with E-state index in [0.717, 1.165) is 17.3 Å². The lowest BCUT2D eigenvalue weighted by Gasteiger charge is -2.18. The smallest absolute Gasteiger partial charge is 0.0546 e. The van der Waals surface area contributed by atoms with Gasteiger partial charge >= 0.3 is 0 Å². The monoisotopic (exact) mass is 286 g/mol. The Morgan fingerprint density at radius 3 is 2.44 bits per heavy atom. The van der Waals surface area contributed by atoms with Crippen LogP contribution in [-0.4, -0.2) is 24.9 Å². The van der Waals surface area contributed by atoms with E-state index < -0.39 is 0 Å². The second-order valence-corrected chi connectivity index (χ2v) is 5.08. The molecule has 16 heavy (non-hydrogen) atoms. The highest BCUT2D eigenvalue weighted by Gasteiger charge is 2.12. The minimum absolute atomic E-state index is 0.201. The molecule has 0 heterocycles. The molecule has 1 N–H and O–H groups in total. The van der Waals surface area contributed by atoms with Crippen LogP contribution in [0.25, 0.3) is 0 Å². The highest BCUT2D eigenvalue weighted by Crippen LogP contribution is 2.17. The van der Waals surface area contributed by atoms with E-state index in [0.29, 0.717) is 0 Å². The molecule has 0 spiro atoms. The second kappa shape index (κ2) is 7.05. The Morgan fingerprint density at radius 2 is 1.94 bits per heavy atom. The molecular weight excluding hydrogens is 268 g/mol. The van der Waals surface area contributed by atoms with Crippen LogP contribution in [0.4, 0.5) is 0 Å².